The summed E-state index contributed by atoms with van der Waals surface area (Å²) in [5, 5.41) is 0.440. The molecule has 0 atom stereocenters. The molecule has 5 aromatic rings. The van der Waals surface area contributed by atoms with Crippen molar-refractivity contribution in [3.63, 3.8) is 0 Å². The Labute approximate surface area is 206 Å². The lowest BCUT2D eigenvalue weighted by Crippen LogP contribution is -2.04. The Morgan fingerprint density at radius 1 is 0.342 bits per heavy atom. The van der Waals surface area contributed by atoms with Gasteiger partial charge in [0.2, 0.25) is 11.6 Å². The summed E-state index contributed by atoms with van der Waals surface area (Å²) in [6.07, 6.45) is 0. The monoisotopic (exact) mass is 534 g/mol. The molecule has 1 aliphatic rings. The van der Waals surface area contributed by atoms with Crippen LogP contribution in [-0.4, -0.2) is 0 Å². The summed E-state index contributed by atoms with van der Waals surface area (Å²) in [6.45, 7) is 0. The standard InChI is InChI=1S/C28H8F10/c29-19-16(20(30)24(34)27(37)23(19)33)9-4-5-10-13-6-7-14(11-2-1-3-12(17(11)13)15(10)8-9)18-21(31)25(35)28(38)26(36)22(18)32/h1-8H. The molecule has 5 aromatic carbocycles. The Morgan fingerprint density at radius 2 is 0.789 bits per heavy atom. The van der Waals surface area contributed by atoms with Crippen LogP contribution in [0.5, 0.6) is 0 Å². The first-order chi connectivity index (χ1) is 18.0. The molecule has 0 fully saturated rings. The van der Waals surface area contributed by atoms with E-state index in [0.717, 1.165) is 6.07 Å². The second kappa shape index (κ2) is 8.08. The minimum Gasteiger partial charge on any atom is -0.203 e. The molecule has 0 aromatic heterocycles. The van der Waals surface area contributed by atoms with Gasteiger partial charge in [0, 0.05) is 0 Å². The Hall–Kier alpha value is -4.34. The first-order valence-corrected chi connectivity index (χ1v) is 10.8. The summed E-state index contributed by atoms with van der Waals surface area (Å²) < 4.78 is 141. The molecule has 0 heterocycles. The van der Waals surface area contributed by atoms with Crippen molar-refractivity contribution in [2.45, 2.75) is 0 Å². The molecule has 0 saturated carbocycles. The normalized spacial score (nSPS) is 11.9. The second-order valence-electron chi connectivity index (χ2n) is 8.54. The van der Waals surface area contributed by atoms with Crippen LogP contribution < -0.4 is 0 Å². The summed E-state index contributed by atoms with van der Waals surface area (Å²) in [7, 11) is 0. The highest BCUT2D eigenvalue weighted by atomic mass is 19.2. The van der Waals surface area contributed by atoms with Gasteiger partial charge in [-0.2, -0.15) is 0 Å². The summed E-state index contributed by atoms with van der Waals surface area (Å²) in [5.74, 6) is -21.2. The van der Waals surface area contributed by atoms with E-state index in [-0.39, 0.29) is 16.5 Å². The fourth-order valence-electron chi connectivity index (χ4n) is 4.93. The van der Waals surface area contributed by atoms with Gasteiger partial charge in [-0.3, -0.25) is 0 Å². The molecule has 6 rings (SSSR count). The largest absolute Gasteiger partial charge is 0.203 e. The lowest BCUT2D eigenvalue weighted by molar-refractivity contribution is 0.381. The van der Waals surface area contributed by atoms with Crippen molar-refractivity contribution >= 4 is 10.8 Å². The highest BCUT2D eigenvalue weighted by molar-refractivity contribution is 6.19. The van der Waals surface area contributed by atoms with Crippen LogP contribution in [0.15, 0.2) is 48.5 Å². The summed E-state index contributed by atoms with van der Waals surface area (Å²) >= 11 is 0. The average molecular weight is 534 g/mol. The van der Waals surface area contributed by atoms with Crippen LogP contribution >= 0.6 is 0 Å². The van der Waals surface area contributed by atoms with Crippen molar-refractivity contribution in [1.82, 2.24) is 0 Å². The van der Waals surface area contributed by atoms with Gasteiger partial charge in [-0.15, -0.1) is 0 Å². The molecular formula is C28H8F10. The van der Waals surface area contributed by atoms with Crippen molar-refractivity contribution < 1.29 is 43.9 Å². The van der Waals surface area contributed by atoms with Gasteiger partial charge < -0.3 is 0 Å². The van der Waals surface area contributed by atoms with Crippen molar-refractivity contribution in [2.75, 3.05) is 0 Å². The van der Waals surface area contributed by atoms with Crippen molar-refractivity contribution in [3.05, 3.63) is 107 Å². The maximum absolute atomic E-state index is 14.6. The molecule has 0 bridgehead atoms. The molecule has 38 heavy (non-hydrogen) atoms. The maximum atomic E-state index is 14.6. The molecule has 0 radical (unpaired) electrons. The van der Waals surface area contributed by atoms with E-state index in [1.54, 1.807) is 0 Å². The molecular weight excluding hydrogens is 526 g/mol. The Morgan fingerprint density at radius 3 is 1.37 bits per heavy atom. The molecule has 190 valence electrons. The number of hydrogen-bond acceptors (Lipinski definition) is 0. The van der Waals surface area contributed by atoms with Gasteiger partial charge in [0.1, 0.15) is 0 Å². The van der Waals surface area contributed by atoms with Crippen LogP contribution in [0.2, 0.25) is 0 Å². The van der Waals surface area contributed by atoms with E-state index >= 15 is 0 Å². The van der Waals surface area contributed by atoms with Crippen LogP contribution in [0, 0.1) is 58.2 Å². The predicted octanol–water partition coefficient (Wildman–Crippen LogP) is 9.21. The maximum Gasteiger partial charge on any atom is 0.200 e. The van der Waals surface area contributed by atoms with Gasteiger partial charge in [-0.05, 0) is 50.2 Å². The minimum atomic E-state index is -2.30. The van der Waals surface area contributed by atoms with E-state index < -0.39 is 69.3 Å². The lowest BCUT2D eigenvalue weighted by atomic mass is 9.93. The van der Waals surface area contributed by atoms with E-state index in [4.69, 9.17) is 0 Å². The van der Waals surface area contributed by atoms with E-state index in [0.29, 0.717) is 27.6 Å². The van der Waals surface area contributed by atoms with Gasteiger partial charge in [-0.1, -0.05) is 42.5 Å². The van der Waals surface area contributed by atoms with E-state index in [1.807, 2.05) is 0 Å². The van der Waals surface area contributed by atoms with Crippen LogP contribution in [0.4, 0.5) is 43.9 Å². The molecule has 0 amide bonds. The average Bonchev–Trinajstić information content (AvgIpc) is 3.24. The number of hydrogen-bond donors (Lipinski definition) is 0. The third kappa shape index (κ3) is 3.00. The summed E-state index contributed by atoms with van der Waals surface area (Å²) in [6, 6.07) is 10.6. The first kappa shape index (κ1) is 24.0. The zero-order chi connectivity index (χ0) is 27.2. The Balaban J connectivity index is 1.62. The third-order valence-electron chi connectivity index (χ3n) is 6.62. The highest BCUT2D eigenvalue weighted by Gasteiger charge is 2.31. The smallest absolute Gasteiger partial charge is 0.200 e. The van der Waals surface area contributed by atoms with E-state index in [9.17, 15) is 43.9 Å². The fraction of sp³-hybridized carbons (Fsp3) is 0. The summed E-state index contributed by atoms with van der Waals surface area (Å²) in [5.41, 5.74) is -1.36. The molecule has 0 saturated heterocycles. The Kier molecular flexibility index (Phi) is 5.11. The van der Waals surface area contributed by atoms with Crippen molar-refractivity contribution in [1.29, 1.82) is 0 Å². The number of benzene rings is 5. The van der Waals surface area contributed by atoms with Gasteiger partial charge in [0.05, 0.1) is 11.1 Å². The molecule has 0 nitrogen and oxygen atoms in total. The van der Waals surface area contributed by atoms with Crippen LogP contribution in [0.25, 0.3) is 55.3 Å². The number of rotatable bonds is 2. The molecule has 0 N–H and O–H groups in total. The predicted molar refractivity (Wildman–Crippen MR) is 119 cm³/mol. The quantitative estimate of drug-likeness (QED) is 0.118. The SMILES string of the molecule is Fc1c(F)c(F)c(-c2ccc3c(c2)-c2cccc4c(-c5c(F)c(F)c(F)c(F)c5F)ccc-3c24)c(F)c1F. The highest BCUT2D eigenvalue weighted by Crippen LogP contribution is 2.51. The zero-order valence-corrected chi connectivity index (χ0v) is 18.4. The molecule has 10 heteroatoms. The minimum absolute atomic E-state index is 0.109. The fourth-order valence-corrected chi connectivity index (χ4v) is 4.93. The van der Waals surface area contributed by atoms with Gasteiger partial charge in [-0.25, -0.2) is 43.9 Å². The first-order valence-electron chi connectivity index (χ1n) is 10.8. The van der Waals surface area contributed by atoms with Gasteiger partial charge in [0.25, 0.3) is 0 Å². The second-order valence-corrected chi connectivity index (χ2v) is 8.54. The van der Waals surface area contributed by atoms with Crippen molar-refractivity contribution in [2.24, 2.45) is 0 Å². The van der Waals surface area contributed by atoms with E-state index in [1.165, 1.54) is 42.5 Å². The summed E-state index contributed by atoms with van der Waals surface area (Å²) in [4.78, 5) is 0. The molecule has 0 spiro atoms. The molecule has 1 aliphatic carbocycles. The van der Waals surface area contributed by atoms with Crippen LogP contribution in [0.1, 0.15) is 0 Å². The zero-order valence-electron chi connectivity index (χ0n) is 18.4. The molecule has 0 unspecified atom stereocenters. The lowest BCUT2D eigenvalue weighted by Gasteiger charge is -2.12. The van der Waals surface area contributed by atoms with E-state index in [2.05, 4.69) is 0 Å². The molecule has 0 aliphatic heterocycles. The number of halogens is 10. The van der Waals surface area contributed by atoms with Crippen LogP contribution in [-0.2, 0) is 0 Å². The third-order valence-corrected chi connectivity index (χ3v) is 6.62. The Bertz CT molecular complexity index is 1820. The van der Waals surface area contributed by atoms with Crippen LogP contribution in [0.3, 0.4) is 0 Å². The van der Waals surface area contributed by atoms with Crippen molar-refractivity contribution in [3.8, 4) is 44.5 Å². The van der Waals surface area contributed by atoms with Gasteiger partial charge >= 0.3 is 0 Å². The topological polar surface area (TPSA) is 0 Å². The number of fused-ring (bicyclic) bond motifs is 3. The van der Waals surface area contributed by atoms with Gasteiger partial charge in [0.15, 0.2) is 46.5 Å².